The first-order chi connectivity index (χ1) is 8.67. The first-order valence-electron chi connectivity index (χ1n) is 6.36. The van der Waals surface area contributed by atoms with Crippen molar-refractivity contribution in [2.45, 2.75) is 20.8 Å². The zero-order valence-corrected chi connectivity index (χ0v) is 11.2. The predicted octanol–water partition coefficient (Wildman–Crippen LogP) is 2.25. The highest BCUT2D eigenvalue weighted by Crippen LogP contribution is 2.33. The van der Waals surface area contributed by atoms with Crippen LogP contribution in [0.3, 0.4) is 0 Å². The van der Waals surface area contributed by atoms with E-state index >= 15 is 0 Å². The molecule has 4 heteroatoms. The summed E-state index contributed by atoms with van der Waals surface area (Å²) < 4.78 is 11.0. The number of ether oxygens (including phenoxy) is 2. The molecule has 0 spiro atoms. The summed E-state index contributed by atoms with van der Waals surface area (Å²) in [7, 11) is 0. The first-order valence-corrected chi connectivity index (χ1v) is 6.36. The van der Waals surface area contributed by atoms with Crippen molar-refractivity contribution in [3.8, 4) is 11.5 Å². The van der Waals surface area contributed by atoms with Gasteiger partial charge < -0.3 is 14.4 Å². The lowest BCUT2D eigenvalue weighted by molar-refractivity contribution is 0.0771. The van der Waals surface area contributed by atoms with Gasteiger partial charge >= 0.3 is 0 Å². The number of aryl methyl sites for hydroxylation is 1. The molecule has 0 aliphatic carbocycles. The van der Waals surface area contributed by atoms with Crippen molar-refractivity contribution in [2.75, 3.05) is 26.3 Å². The predicted molar refractivity (Wildman–Crippen MR) is 69.4 cm³/mol. The van der Waals surface area contributed by atoms with Crippen LogP contribution >= 0.6 is 0 Å². The molecule has 1 amide bonds. The molecule has 1 aromatic carbocycles. The van der Waals surface area contributed by atoms with Gasteiger partial charge in [0, 0.05) is 18.7 Å². The molecule has 4 nitrogen and oxygen atoms in total. The molecule has 0 aromatic heterocycles. The second kappa shape index (κ2) is 5.29. The fraction of sp³-hybridized carbons (Fsp3) is 0.500. The molecule has 0 saturated heterocycles. The third-order valence-corrected chi connectivity index (χ3v) is 3.17. The standard InChI is InChI=1S/C14H19NO3/c1-4-15(5-2)14(16)11-9-13-12(8-10(11)3)17-6-7-18-13/h8-9H,4-7H2,1-3H3. The van der Waals surface area contributed by atoms with Crippen LogP contribution in [0, 0.1) is 6.92 Å². The quantitative estimate of drug-likeness (QED) is 0.824. The Hall–Kier alpha value is -1.71. The smallest absolute Gasteiger partial charge is 0.254 e. The van der Waals surface area contributed by atoms with Gasteiger partial charge in [0.2, 0.25) is 0 Å². The van der Waals surface area contributed by atoms with Crippen LogP contribution in [0.15, 0.2) is 12.1 Å². The molecule has 1 aromatic rings. The van der Waals surface area contributed by atoms with E-state index in [1.165, 1.54) is 0 Å². The minimum atomic E-state index is 0.0504. The fourth-order valence-corrected chi connectivity index (χ4v) is 2.10. The van der Waals surface area contributed by atoms with Gasteiger partial charge in [-0.15, -0.1) is 0 Å². The van der Waals surface area contributed by atoms with Crippen LogP contribution in [0.25, 0.3) is 0 Å². The molecular weight excluding hydrogens is 230 g/mol. The average Bonchev–Trinajstić information content (AvgIpc) is 2.39. The third-order valence-electron chi connectivity index (χ3n) is 3.17. The Morgan fingerprint density at radius 1 is 1.17 bits per heavy atom. The van der Waals surface area contributed by atoms with E-state index in [0.717, 1.165) is 11.3 Å². The van der Waals surface area contributed by atoms with Gasteiger partial charge in [-0.2, -0.15) is 0 Å². The molecule has 0 radical (unpaired) electrons. The maximum Gasteiger partial charge on any atom is 0.254 e. The SMILES string of the molecule is CCN(CC)C(=O)c1cc2c(cc1C)OCCO2. The van der Waals surface area contributed by atoms with Crippen molar-refractivity contribution < 1.29 is 14.3 Å². The Labute approximate surface area is 107 Å². The third kappa shape index (κ3) is 2.28. The summed E-state index contributed by atoms with van der Waals surface area (Å²) in [5, 5.41) is 0. The van der Waals surface area contributed by atoms with Crippen molar-refractivity contribution in [2.24, 2.45) is 0 Å². The highest BCUT2D eigenvalue weighted by atomic mass is 16.6. The molecule has 0 unspecified atom stereocenters. The molecule has 2 rings (SSSR count). The number of hydrogen-bond donors (Lipinski definition) is 0. The number of nitrogens with zero attached hydrogens (tertiary/aromatic N) is 1. The van der Waals surface area contributed by atoms with Crippen molar-refractivity contribution in [1.82, 2.24) is 4.90 Å². The molecule has 1 aliphatic heterocycles. The number of carbonyl (C=O) groups excluding carboxylic acids is 1. The van der Waals surface area contributed by atoms with E-state index in [2.05, 4.69) is 0 Å². The fourth-order valence-electron chi connectivity index (χ4n) is 2.10. The summed E-state index contributed by atoms with van der Waals surface area (Å²) in [5.41, 5.74) is 1.62. The minimum Gasteiger partial charge on any atom is -0.486 e. The zero-order valence-electron chi connectivity index (χ0n) is 11.2. The number of fused-ring (bicyclic) bond motifs is 1. The summed E-state index contributed by atoms with van der Waals surface area (Å²) >= 11 is 0. The van der Waals surface area contributed by atoms with E-state index in [4.69, 9.17) is 9.47 Å². The van der Waals surface area contributed by atoms with Gasteiger partial charge in [0.05, 0.1) is 0 Å². The monoisotopic (exact) mass is 249 g/mol. The lowest BCUT2D eigenvalue weighted by atomic mass is 10.1. The summed E-state index contributed by atoms with van der Waals surface area (Å²) in [5.74, 6) is 1.45. The molecule has 1 aliphatic rings. The van der Waals surface area contributed by atoms with E-state index in [0.29, 0.717) is 37.6 Å². The van der Waals surface area contributed by atoms with Crippen LogP contribution in [-0.4, -0.2) is 37.1 Å². The maximum absolute atomic E-state index is 12.3. The van der Waals surface area contributed by atoms with Gasteiger partial charge in [0.25, 0.3) is 5.91 Å². The van der Waals surface area contributed by atoms with Gasteiger partial charge in [0.15, 0.2) is 11.5 Å². The van der Waals surface area contributed by atoms with Crippen LogP contribution in [0.1, 0.15) is 29.8 Å². The van der Waals surface area contributed by atoms with Crippen molar-refractivity contribution in [3.05, 3.63) is 23.3 Å². The largest absolute Gasteiger partial charge is 0.486 e. The highest BCUT2D eigenvalue weighted by molar-refractivity contribution is 5.96. The van der Waals surface area contributed by atoms with Crippen LogP contribution in [0.5, 0.6) is 11.5 Å². The molecule has 0 atom stereocenters. The molecule has 1 heterocycles. The number of benzene rings is 1. The van der Waals surface area contributed by atoms with Gasteiger partial charge in [-0.05, 0) is 38.5 Å². The highest BCUT2D eigenvalue weighted by Gasteiger charge is 2.20. The molecule has 0 N–H and O–H groups in total. The molecule has 98 valence electrons. The normalized spacial score (nSPS) is 13.3. The van der Waals surface area contributed by atoms with E-state index < -0.39 is 0 Å². The summed E-state index contributed by atoms with van der Waals surface area (Å²) in [6, 6.07) is 3.68. The van der Waals surface area contributed by atoms with Crippen LogP contribution < -0.4 is 9.47 Å². The van der Waals surface area contributed by atoms with Gasteiger partial charge in [-0.1, -0.05) is 0 Å². The second-order valence-electron chi connectivity index (χ2n) is 4.29. The Balaban J connectivity index is 2.36. The zero-order chi connectivity index (χ0) is 13.1. The Morgan fingerprint density at radius 2 is 1.72 bits per heavy atom. The number of hydrogen-bond acceptors (Lipinski definition) is 3. The van der Waals surface area contributed by atoms with Gasteiger partial charge in [0.1, 0.15) is 13.2 Å². The maximum atomic E-state index is 12.3. The summed E-state index contributed by atoms with van der Waals surface area (Å²) in [6.07, 6.45) is 0. The Bertz CT molecular complexity index is 453. The number of rotatable bonds is 3. The van der Waals surface area contributed by atoms with E-state index in [9.17, 15) is 4.79 Å². The average molecular weight is 249 g/mol. The van der Waals surface area contributed by atoms with Crippen LogP contribution in [0.2, 0.25) is 0 Å². The first kappa shape index (κ1) is 12.7. The molecule has 18 heavy (non-hydrogen) atoms. The number of amides is 1. The Kier molecular flexibility index (Phi) is 3.75. The van der Waals surface area contributed by atoms with E-state index in [1.54, 1.807) is 11.0 Å². The lowest BCUT2D eigenvalue weighted by Crippen LogP contribution is -2.31. The van der Waals surface area contributed by atoms with Crippen LogP contribution in [0.4, 0.5) is 0 Å². The summed E-state index contributed by atoms with van der Waals surface area (Å²) in [6.45, 7) is 8.41. The summed E-state index contributed by atoms with van der Waals surface area (Å²) in [4.78, 5) is 14.1. The minimum absolute atomic E-state index is 0.0504. The van der Waals surface area contributed by atoms with Gasteiger partial charge in [-0.3, -0.25) is 4.79 Å². The lowest BCUT2D eigenvalue weighted by Gasteiger charge is -2.23. The van der Waals surface area contributed by atoms with Gasteiger partial charge in [-0.25, -0.2) is 0 Å². The molecule has 0 fully saturated rings. The van der Waals surface area contributed by atoms with Crippen molar-refractivity contribution >= 4 is 5.91 Å². The van der Waals surface area contributed by atoms with E-state index in [-0.39, 0.29) is 5.91 Å². The van der Waals surface area contributed by atoms with E-state index in [1.807, 2.05) is 26.8 Å². The van der Waals surface area contributed by atoms with Crippen molar-refractivity contribution in [1.29, 1.82) is 0 Å². The molecular formula is C14H19NO3. The second-order valence-corrected chi connectivity index (χ2v) is 4.29. The molecule has 0 saturated carbocycles. The Morgan fingerprint density at radius 3 is 2.28 bits per heavy atom. The van der Waals surface area contributed by atoms with Crippen molar-refractivity contribution in [3.63, 3.8) is 0 Å². The van der Waals surface area contributed by atoms with Crippen LogP contribution in [-0.2, 0) is 0 Å². The molecule has 0 bridgehead atoms. The topological polar surface area (TPSA) is 38.8 Å². The number of carbonyl (C=O) groups is 1.